The lowest BCUT2D eigenvalue weighted by Crippen LogP contribution is -2.66. The molecule has 9 heteroatoms. The van der Waals surface area contributed by atoms with Crippen molar-refractivity contribution in [2.75, 3.05) is 33.4 Å². The van der Waals surface area contributed by atoms with Crippen LogP contribution in [-0.2, 0) is 26.3 Å². The number of aliphatic imine (C=N–C) groups is 1. The number of methoxy groups -OCH3 is 1. The molecule has 1 heterocycles. The van der Waals surface area contributed by atoms with Gasteiger partial charge in [0.15, 0.2) is 5.96 Å². The van der Waals surface area contributed by atoms with Crippen LogP contribution in [0, 0.1) is 6.92 Å². The van der Waals surface area contributed by atoms with Crippen molar-refractivity contribution in [3.63, 3.8) is 0 Å². The van der Waals surface area contributed by atoms with Crippen LogP contribution in [0.4, 0.5) is 0 Å². The lowest BCUT2D eigenvalue weighted by molar-refractivity contribution is -0.175. The number of carbonyl (C=O) groups excluding carboxylic acids is 2. The third kappa shape index (κ3) is 7.45. The molecular weight excluding hydrogens is 470 g/mol. The number of hydrogen-bond acceptors (Lipinski definition) is 5. The van der Waals surface area contributed by atoms with E-state index in [4.69, 9.17) is 20.9 Å². The fourth-order valence-corrected chi connectivity index (χ4v) is 4.53. The predicted octanol–water partition coefficient (Wildman–Crippen LogP) is 2.25. The van der Waals surface area contributed by atoms with Crippen molar-refractivity contribution < 1.29 is 19.1 Å². The number of aryl methyl sites for hydroxylation is 1. The Morgan fingerprint density at radius 3 is 2.46 bits per heavy atom. The lowest BCUT2D eigenvalue weighted by atomic mass is 9.82. The number of amides is 2. The molecule has 0 radical (unpaired) electrons. The van der Waals surface area contributed by atoms with Crippen LogP contribution in [0.1, 0.15) is 42.9 Å². The molecule has 1 aliphatic heterocycles. The highest BCUT2D eigenvalue weighted by Crippen LogP contribution is 2.38. The second-order valence-corrected chi connectivity index (χ2v) is 9.43. The first-order valence-electron chi connectivity index (χ1n) is 12.7. The number of nitrogens with one attached hydrogen (secondary N) is 1. The molecule has 2 aromatic rings. The maximum Gasteiger partial charge on any atom is 0.245 e. The number of carbonyl (C=O) groups is 2. The highest BCUT2D eigenvalue weighted by molar-refractivity contribution is 5.89. The average molecular weight is 510 g/mol. The van der Waals surface area contributed by atoms with Gasteiger partial charge in [0.05, 0.1) is 26.7 Å². The summed E-state index contributed by atoms with van der Waals surface area (Å²) < 4.78 is 11.6. The van der Waals surface area contributed by atoms with Crippen LogP contribution >= 0.6 is 0 Å². The van der Waals surface area contributed by atoms with Gasteiger partial charge in [-0.1, -0.05) is 49.7 Å². The van der Waals surface area contributed by atoms with Crippen LogP contribution < -0.4 is 21.5 Å². The number of hydrogen-bond donors (Lipinski definition) is 3. The monoisotopic (exact) mass is 509 g/mol. The Hall–Kier alpha value is -3.59. The number of unbranched alkanes of at least 4 members (excludes halogenated alkanes) is 1. The Labute approximate surface area is 219 Å². The quantitative estimate of drug-likeness (QED) is 0.216. The van der Waals surface area contributed by atoms with E-state index in [0.29, 0.717) is 26.1 Å². The van der Waals surface area contributed by atoms with E-state index in [-0.39, 0.29) is 30.7 Å². The standard InChI is InChI=1S/C28H39N5O4/c1-4-5-16-37-28(23-9-7-6-8-20(23)2)18-33(19-28)26(35)24(32-25(34)14-15-31-27(29)30)17-21-10-12-22(36-3)13-11-21/h6-13,24H,4-5,14-19H2,1-3H3,(H,32,34)(H4,29,30,31)/t24-/m1/s1. The number of benzene rings is 2. The highest BCUT2D eigenvalue weighted by atomic mass is 16.5. The average Bonchev–Trinajstić information content (AvgIpc) is 2.85. The van der Waals surface area contributed by atoms with Crippen molar-refractivity contribution in [2.45, 2.75) is 51.2 Å². The van der Waals surface area contributed by atoms with E-state index in [1.54, 1.807) is 12.0 Å². The first-order valence-corrected chi connectivity index (χ1v) is 12.7. The lowest BCUT2D eigenvalue weighted by Gasteiger charge is -2.51. The summed E-state index contributed by atoms with van der Waals surface area (Å²) in [4.78, 5) is 31.9. The molecule has 37 heavy (non-hydrogen) atoms. The molecule has 200 valence electrons. The first-order chi connectivity index (χ1) is 17.8. The smallest absolute Gasteiger partial charge is 0.245 e. The van der Waals surface area contributed by atoms with Crippen molar-refractivity contribution in [3.8, 4) is 5.75 Å². The SMILES string of the molecule is CCCCOC1(c2ccccc2C)CN(C(=O)[C@@H](Cc2ccc(OC)cc2)NC(=O)CCN=C(N)N)C1. The summed E-state index contributed by atoms with van der Waals surface area (Å²) in [5, 5.41) is 2.89. The molecule has 0 aromatic heterocycles. The van der Waals surface area contributed by atoms with E-state index in [1.807, 2.05) is 36.4 Å². The highest BCUT2D eigenvalue weighted by Gasteiger charge is 2.49. The molecule has 0 unspecified atom stereocenters. The topological polar surface area (TPSA) is 132 Å². The largest absolute Gasteiger partial charge is 0.497 e. The molecule has 0 bridgehead atoms. The minimum atomic E-state index is -0.731. The van der Waals surface area contributed by atoms with E-state index >= 15 is 0 Å². The number of ether oxygens (including phenoxy) is 2. The number of nitrogens with zero attached hydrogens (tertiary/aromatic N) is 2. The molecular formula is C28H39N5O4. The number of likely N-dealkylation sites (tertiary alicyclic amines) is 1. The summed E-state index contributed by atoms with van der Waals surface area (Å²) in [6.07, 6.45) is 2.41. The summed E-state index contributed by atoms with van der Waals surface area (Å²) in [5.74, 6) is 0.216. The third-order valence-electron chi connectivity index (χ3n) is 6.58. The van der Waals surface area contributed by atoms with E-state index in [9.17, 15) is 9.59 Å². The Kier molecular flexibility index (Phi) is 9.91. The summed E-state index contributed by atoms with van der Waals surface area (Å²) >= 11 is 0. The summed E-state index contributed by atoms with van der Waals surface area (Å²) in [6, 6.07) is 14.9. The number of rotatable bonds is 13. The predicted molar refractivity (Wildman–Crippen MR) is 144 cm³/mol. The molecule has 0 spiro atoms. The van der Waals surface area contributed by atoms with Crippen LogP contribution in [0.25, 0.3) is 0 Å². The van der Waals surface area contributed by atoms with Gasteiger partial charge in [-0.05, 0) is 42.2 Å². The van der Waals surface area contributed by atoms with Gasteiger partial charge >= 0.3 is 0 Å². The van der Waals surface area contributed by atoms with Gasteiger partial charge in [-0.2, -0.15) is 0 Å². The first kappa shape index (κ1) is 28.0. The summed E-state index contributed by atoms with van der Waals surface area (Å²) in [5.41, 5.74) is 13.3. The van der Waals surface area contributed by atoms with E-state index in [1.165, 1.54) is 0 Å². The Bertz CT molecular complexity index is 1080. The van der Waals surface area contributed by atoms with Crippen molar-refractivity contribution in [1.82, 2.24) is 10.2 Å². The fraction of sp³-hybridized carbons (Fsp3) is 0.464. The summed E-state index contributed by atoms with van der Waals surface area (Å²) in [6.45, 7) is 5.84. The number of nitrogens with two attached hydrogens (primary N) is 2. The normalized spacial score (nSPS) is 14.8. The van der Waals surface area contributed by atoms with Crippen LogP contribution in [0.2, 0.25) is 0 Å². The van der Waals surface area contributed by atoms with Gasteiger partial charge in [0, 0.05) is 19.4 Å². The fourth-order valence-electron chi connectivity index (χ4n) is 4.53. The Morgan fingerprint density at radius 1 is 1.14 bits per heavy atom. The minimum Gasteiger partial charge on any atom is -0.497 e. The van der Waals surface area contributed by atoms with Gasteiger partial charge in [-0.25, -0.2) is 0 Å². The van der Waals surface area contributed by atoms with E-state index in [0.717, 1.165) is 35.3 Å². The molecule has 1 saturated heterocycles. The second-order valence-electron chi connectivity index (χ2n) is 9.43. The Balaban J connectivity index is 1.76. The second kappa shape index (κ2) is 13.1. The van der Waals surface area contributed by atoms with Gasteiger partial charge in [0.25, 0.3) is 0 Å². The van der Waals surface area contributed by atoms with Gasteiger partial charge in [0.2, 0.25) is 11.8 Å². The number of guanidine groups is 1. The van der Waals surface area contributed by atoms with Crippen molar-refractivity contribution in [1.29, 1.82) is 0 Å². The van der Waals surface area contributed by atoms with Crippen LogP contribution in [0.5, 0.6) is 5.75 Å². The molecule has 1 fully saturated rings. The van der Waals surface area contributed by atoms with Gasteiger partial charge in [-0.15, -0.1) is 0 Å². The molecule has 2 aromatic carbocycles. The van der Waals surface area contributed by atoms with Gasteiger partial charge < -0.3 is 31.2 Å². The zero-order valence-electron chi connectivity index (χ0n) is 22.0. The van der Waals surface area contributed by atoms with E-state index in [2.05, 4.69) is 36.3 Å². The zero-order chi connectivity index (χ0) is 26.8. The molecule has 0 saturated carbocycles. The van der Waals surface area contributed by atoms with Crippen LogP contribution in [0.3, 0.4) is 0 Å². The van der Waals surface area contributed by atoms with E-state index < -0.39 is 11.6 Å². The molecule has 1 atom stereocenters. The maximum atomic E-state index is 13.7. The molecule has 9 nitrogen and oxygen atoms in total. The van der Waals surface area contributed by atoms with Gasteiger partial charge in [0.1, 0.15) is 17.4 Å². The molecule has 0 aliphatic carbocycles. The van der Waals surface area contributed by atoms with Crippen molar-refractivity contribution in [3.05, 3.63) is 65.2 Å². The molecule has 1 aliphatic rings. The molecule has 5 N–H and O–H groups in total. The van der Waals surface area contributed by atoms with Crippen LogP contribution in [-0.4, -0.2) is 62.1 Å². The minimum absolute atomic E-state index is 0.0742. The van der Waals surface area contributed by atoms with Crippen LogP contribution in [0.15, 0.2) is 53.5 Å². The van der Waals surface area contributed by atoms with Crippen molar-refractivity contribution in [2.24, 2.45) is 16.5 Å². The summed E-state index contributed by atoms with van der Waals surface area (Å²) in [7, 11) is 1.60. The van der Waals surface area contributed by atoms with Gasteiger partial charge in [-0.3, -0.25) is 14.6 Å². The Morgan fingerprint density at radius 2 is 1.84 bits per heavy atom. The molecule has 2 amide bonds. The van der Waals surface area contributed by atoms with Crippen molar-refractivity contribution >= 4 is 17.8 Å². The zero-order valence-corrected chi connectivity index (χ0v) is 22.0. The third-order valence-corrected chi connectivity index (χ3v) is 6.58. The molecule has 3 rings (SSSR count). The maximum absolute atomic E-state index is 13.7.